The molecule has 1 heterocycles. The molecule has 1 amide bonds. The molecule has 0 spiro atoms. The number of rotatable bonds is 5. The topological polar surface area (TPSA) is 57.6 Å². The van der Waals surface area contributed by atoms with Gasteiger partial charge in [0.1, 0.15) is 5.82 Å². The van der Waals surface area contributed by atoms with E-state index in [-0.39, 0.29) is 23.3 Å². The number of carboxylic acid groups (broad SMARTS) is 1. The van der Waals surface area contributed by atoms with Crippen molar-refractivity contribution in [2.45, 2.75) is 31.7 Å². The number of aryl methyl sites for hydroxylation is 1. The highest BCUT2D eigenvalue weighted by Crippen LogP contribution is 2.32. The summed E-state index contributed by atoms with van der Waals surface area (Å²) in [5.74, 6) is -1.19. The van der Waals surface area contributed by atoms with Crippen molar-refractivity contribution in [2.75, 3.05) is 6.54 Å². The molecule has 1 aliphatic rings. The van der Waals surface area contributed by atoms with Gasteiger partial charge in [-0.2, -0.15) is 0 Å². The molecule has 2 aromatic carbocycles. The summed E-state index contributed by atoms with van der Waals surface area (Å²) in [6.07, 6.45) is 2.69. The van der Waals surface area contributed by atoms with Crippen molar-refractivity contribution in [1.29, 1.82) is 0 Å². The molecular formula is C20H20FNO3. The number of nitrogens with zero attached hydrogens (tertiary/aromatic N) is 1. The van der Waals surface area contributed by atoms with Gasteiger partial charge in [-0.25, -0.2) is 9.18 Å². The molecule has 3 rings (SSSR count). The molecule has 1 atom stereocenters. The zero-order valence-electron chi connectivity index (χ0n) is 13.8. The SMILES string of the molecule is O=C(O)c1ccc(CCC(=O)N2CCCC2c2cccc(F)c2)cc1. The number of carbonyl (C=O) groups excluding carboxylic acids is 1. The molecule has 1 unspecified atom stereocenters. The van der Waals surface area contributed by atoms with Crippen LogP contribution in [0.3, 0.4) is 0 Å². The average molecular weight is 341 g/mol. The van der Waals surface area contributed by atoms with Crippen LogP contribution in [0.25, 0.3) is 0 Å². The van der Waals surface area contributed by atoms with E-state index < -0.39 is 5.97 Å². The van der Waals surface area contributed by atoms with Crippen molar-refractivity contribution in [3.05, 3.63) is 71.0 Å². The number of amides is 1. The number of carboxylic acids is 1. The van der Waals surface area contributed by atoms with Gasteiger partial charge in [0.05, 0.1) is 11.6 Å². The van der Waals surface area contributed by atoms with Crippen LogP contribution in [0.5, 0.6) is 0 Å². The summed E-state index contributed by atoms with van der Waals surface area (Å²) in [5, 5.41) is 8.91. The normalized spacial score (nSPS) is 16.8. The van der Waals surface area contributed by atoms with Crippen LogP contribution >= 0.6 is 0 Å². The third-order valence-corrected chi connectivity index (χ3v) is 4.64. The van der Waals surface area contributed by atoms with E-state index in [2.05, 4.69) is 0 Å². The number of hydrogen-bond acceptors (Lipinski definition) is 2. The zero-order valence-corrected chi connectivity index (χ0v) is 13.8. The first kappa shape index (κ1) is 17.1. The first-order chi connectivity index (χ1) is 12.0. The highest BCUT2D eigenvalue weighted by Gasteiger charge is 2.29. The van der Waals surface area contributed by atoms with Crippen molar-refractivity contribution in [1.82, 2.24) is 4.90 Å². The maximum absolute atomic E-state index is 13.5. The Hall–Kier alpha value is -2.69. The van der Waals surface area contributed by atoms with E-state index in [1.807, 2.05) is 11.0 Å². The molecule has 5 heteroatoms. The van der Waals surface area contributed by atoms with Crippen LogP contribution in [0, 0.1) is 5.82 Å². The summed E-state index contributed by atoms with van der Waals surface area (Å²) >= 11 is 0. The summed E-state index contributed by atoms with van der Waals surface area (Å²) in [4.78, 5) is 25.3. The molecule has 1 aliphatic heterocycles. The van der Waals surface area contributed by atoms with E-state index >= 15 is 0 Å². The van der Waals surface area contributed by atoms with E-state index in [4.69, 9.17) is 5.11 Å². The molecule has 0 aromatic heterocycles. The maximum Gasteiger partial charge on any atom is 0.335 e. The predicted octanol–water partition coefficient (Wildman–Crippen LogP) is 3.82. The van der Waals surface area contributed by atoms with Gasteiger partial charge in [-0.3, -0.25) is 4.79 Å². The van der Waals surface area contributed by atoms with Crippen molar-refractivity contribution in [2.24, 2.45) is 0 Å². The van der Waals surface area contributed by atoms with Gasteiger partial charge in [-0.05, 0) is 54.7 Å². The number of carbonyl (C=O) groups is 2. The second-order valence-electron chi connectivity index (χ2n) is 6.30. The first-order valence-electron chi connectivity index (χ1n) is 8.42. The van der Waals surface area contributed by atoms with E-state index in [0.29, 0.717) is 19.4 Å². The molecule has 0 bridgehead atoms. The Bertz CT molecular complexity index is 773. The van der Waals surface area contributed by atoms with Crippen LogP contribution in [0.4, 0.5) is 4.39 Å². The van der Waals surface area contributed by atoms with Crippen molar-refractivity contribution < 1.29 is 19.1 Å². The molecule has 1 N–H and O–H groups in total. The Balaban J connectivity index is 1.63. The highest BCUT2D eigenvalue weighted by atomic mass is 19.1. The van der Waals surface area contributed by atoms with Gasteiger partial charge in [-0.15, -0.1) is 0 Å². The summed E-state index contributed by atoms with van der Waals surface area (Å²) in [6.45, 7) is 0.692. The Morgan fingerprint density at radius 2 is 1.92 bits per heavy atom. The molecular weight excluding hydrogens is 321 g/mol. The fourth-order valence-electron chi connectivity index (χ4n) is 3.33. The molecule has 1 saturated heterocycles. The Morgan fingerprint density at radius 1 is 1.16 bits per heavy atom. The van der Waals surface area contributed by atoms with Crippen LogP contribution in [-0.2, 0) is 11.2 Å². The largest absolute Gasteiger partial charge is 0.478 e. The van der Waals surface area contributed by atoms with E-state index in [0.717, 1.165) is 24.0 Å². The molecule has 4 nitrogen and oxygen atoms in total. The molecule has 0 aliphatic carbocycles. The number of aromatic carboxylic acids is 1. The molecule has 25 heavy (non-hydrogen) atoms. The zero-order chi connectivity index (χ0) is 17.8. The van der Waals surface area contributed by atoms with E-state index in [1.165, 1.54) is 12.1 Å². The third-order valence-electron chi connectivity index (χ3n) is 4.64. The molecule has 2 aromatic rings. The molecule has 130 valence electrons. The summed E-state index contributed by atoms with van der Waals surface area (Å²) < 4.78 is 13.5. The second-order valence-corrected chi connectivity index (χ2v) is 6.30. The lowest BCUT2D eigenvalue weighted by molar-refractivity contribution is -0.132. The lowest BCUT2D eigenvalue weighted by Crippen LogP contribution is -2.30. The Morgan fingerprint density at radius 3 is 2.60 bits per heavy atom. The van der Waals surface area contributed by atoms with Crippen molar-refractivity contribution in [3.63, 3.8) is 0 Å². The van der Waals surface area contributed by atoms with Gasteiger partial charge in [0.2, 0.25) is 5.91 Å². The minimum Gasteiger partial charge on any atom is -0.478 e. The average Bonchev–Trinajstić information content (AvgIpc) is 3.10. The summed E-state index contributed by atoms with van der Waals surface area (Å²) in [7, 11) is 0. The van der Waals surface area contributed by atoms with Gasteiger partial charge in [0.15, 0.2) is 0 Å². The van der Waals surface area contributed by atoms with E-state index in [1.54, 1.807) is 30.3 Å². The number of halogens is 1. The van der Waals surface area contributed by atoms with Crippen molar-refractivity contribution in [3.8, 4) is 0 Å². The quantitative estimate of drug-likeness (QED) is 0.899. The van der Waals surface area contributed by atoms with Gasteiger partial charge < -0.3 is 10.0 Å². The lowest BCUT2D eigenvalue weighted by atomic mass is 10.0. The fourth-order valence-corrected chi connectivity index (χ4v) is 3.33. The maximum atomic E-state index is 13.5. The fraction of sp³-hybridized carbons (Fsp3) is 0.300. The first-order valence-corrected chi connectivity index (χ1v) is 8.42. The van der Waals surface area contributed by atoms with Gasteiger partial charge in [0.25, 0.3) is 0 Å². The van der Waals surface area contributed by atoms with Crippen LogP contribution in [0.2, 0.25) is 0 Å². The van der Waals surface area contributed by atoms with Crippen LogP contribution < -0.4 is 0 Å². The van der Waals surface area contributed by atoms with Crippen LogP contribution in [0.1, 0.15) is 46.8 Å². The van der Waals surface area contributed by atoms with Gasteiger partial charge in [0, 0.05) is 13.0 Å². The van der Waals surface area contributed by atoms with Crippen LogP contribution in [-0.4, -0.2) is 28.4 Å². The molecule has 1 fully saturated rings. The standard InChI is InChI=1S/C20H20FNO3/c21-17-4-1-3-16(13-17)18-5-2-12-22(18)19(23)11-8-14-6-9-15(10-7-14)20(24)25/h1,3-4,6-7,9-10,13,18H,2,5,8,11-12H2,(H,24,25). The minimum absolute atomic E-state index is 0.0501. The van der Waals surface area contributed by atoms with Crippen molar-refractivity contribution >= 4 is 11.9 Å². The monoisotopic (exact) mass is 341 g/mol. The smallest absolute Gasteiger partial charge is 0.335 e. The number of benzene rings is 2. The molecule has 0 radical (unpaired) electrons. The summed E-state index contributed by atoms with van der Waals surface area (Å²) in [5.41, 5.74) is 2.01. The lowest BCUT2D eigenvalue weighted by Gasteiger charge is -2.25. The Kier molecular flexibility index (Phi) is 5.12. The van der Waals surface area contributed by atoms with E-state index in [9.17, 15) is 14.0 Å². The number of likely N-dealkylation sites (tertiary alicyclic amines) is 1. The van der Waals surface area contributed by atoms with Gasteiger partial charge >= 0.3 is 5.97 Å². The van der Waals surface area contributed by atoms with Gasteiger partial charge in [-0.1, -0.05) is 24.3 Å². The number of hydrogen-bond donors (Lipinski definition) is 1. The van der Waals surface area contributed by atoms with Crippen LogP contribution in [0.15, 0.2) is 48.5 Å². The minimum atomic E-state index is -0.961. The summed E-state index contributed by atoms with van der Waals surface area (Å²) in [6, 6.07) is 13.0. The predicted molar refractivity (Wildman–Crippen MR) is 91.8 cm³/mol. The highest BCUT2D eigenvalue weighted by molar-refractivity contribution is 5.87. The molecule has 0 saturated carbocycles. The third kappa shape index (κ3) is 4.05. The Labute approximate surface area is 145 Å². The second kappa shape index (κ2) is 7.47.